The monoisotopic (exact) mass is 195 g/mol. The Balaban J connectivity index is 2.12. The van der Waals surface area contributed by atoms with Gasteiger partial charge in [-0.1, -0.05) is 23.7 Å². The van der Waals surface area contributed by atoms with Crippen LogP contribution in [0.5, 0.6) is 0 Å². The molecule has 2 rings (SSSR count). The Morgan fingerprint density at radius 1 is 1.38 bits per heavy atom. The number of amides is 1. The standard InChI is InChI=1S/C10H10ClNO/c11-7-3-1-6(2-4-7)8-5-9(8)10(12)13/h1-4,8-9H,5H2,(H2,12,13)/t8-,9-/m1/s1. The summed E-state index contributed by atoms with van der Waals surface area (Å²) in [5, 5.41) is 0.722. The van der Waals surface area contributed by atoms with Crippen LogP contribution in [0.1, 0.15) is 17.9 Å². The van der Waals surface area contributed by atoms with Gasteiger partial charge in [-0.15, -0.1) is 0 Å². The Bertz CT molecular complexity index is 333. The number of primary amides is 1. The van der Waals surface area contributed by atoms with Crippen LogP contribution in [0.3, 0.4) is 0 Å². The van der Waals surface area contributed by atoms with Crippen molar-refractivity contribution in [3.63, 3.8) is 0 Å². The second-order valence-electron chi connectivity index (χ2n) is 3.40. The molecule has 1 aliphatic rings. The van der Waals surface area contributed by atoms with Crippen molar-refractivity contribution < 1.29 is 4.79 Å². The van der Waals surface area contributed by atoms with Gasteiger partial charge in [0.1, 0.15) is 0 Å². The first-order chi connectivity index (χ1) is 6.18. The maximum Gasteiger partial charge on any atom is 0.221 e. The van der Waals surface area contributed by atoms with Crippen LogP contribution in [-0.4, -0.2) is 5.91 Å². The van der Waals surface area contributed by atoms with E-state index in [1.807, 2.05) is 24.3 Å². The second-order valence-corrected chi connectivity index (χ2v) is 3.84. The summed E-state index contributed by atoms with van der Waals surface area (Å²) in [5.41, 5.74) is 6.35. The van der Waals surface area contributed by atoms with Gasteiger partial charge in [-0.25, -0.2) is 0 Å². The van der Waals surface area contributed by atoms with E-state index < -0.39 is 0 Å². The molecule has 0 bridgehead atoms. The molecule has 1 aliphatic carbocycles. The number of carbonyl (C=O) groups excluding carboxylic acids is 1. The average molecular weight is 196 g/mol. The quantitative estimate of drug-likeness (QED) is 0.770. The molecular formula is C10H10ClNO. The summed E-state index contributed by atoms with van der Waals surface area (Å²) in [5.74, 6) is 0.177. The Labute approximate surface area is 81.7 Å². The van der Waals surface area contributed by atoms with Gasteiger partial charge in [-0.2, -0.15) is 0 Å². The summed E-state index contributed by atoms with van der Waals surface area (Å²) in [4.78, 5) is 10.8. The van der Waals surface area contributed by atoms with Crippen LogP contribution < -0.4 is 5.73 Å². The highest BCUT2D eigenvalue weighted by Crippen LogP contribution is 2.47. The van der Waals surface area contributed by atoms with E-state index in [9.17, 15) is 4.79 Å². The third-order valence-electron chi connectivity index (χ3n) is 2.45. The molecule has 0 spiro atoms. The first kappa shape index (κ1) is 8.57. The predicted molar refractivity (Wildman–Crippen MR) is 51.5 cm³/mol. The Kier molecular flexibility index (Phi) is 2.00. The number of benzene rings is 1. The van der Waals surface area contributed by atoms with Gasteiger partial charge < -0.3 is 5.73 Å². The molecule has 1 amide bonds. The highest BCUT2D eigenvalue weighted by atomic mass is 35.5. The number of carbonyl (C=O) groups is 1. The molecule has 0 saturated heterocycles. The third kappa shape index (κ3) is 1.68. The van der Waals surface area contributed by atoms with E-state index in [-0.39, 0.29) is 11.8 Å². The van der Waals surface area contributed by atoms with Gasteiger partial charge in [0.2, 0.25) is 5.91 Å². The molecule has 1 saturated carbocycles. The molecule has 0 heterocycles. The fourth-order valence-electron chi connectivity index (χ4n) is 1.59. The predicted octanol–water partition coefficient (Wildman–Crippen LogP) is 1.93. The minimum Gasteiger partial charge on any atom is -0.369 e. The molecule has 2 N–H and O–H groups in total. The van der Waals surface area contributed by atoms with E-state index in [1.165, 1.54) is 0 Å². The van der Waals surface area contributed by atoms with Crippen molar-refractivity contribution in [3.05, 3.63) is 34.9 Å². The largest absolute Gasteiger partial charge is 0.369 e. The zero-order valence-electron chi connectivity index (χ0n) is 7.03. The molecule has 2 atom stereocenters. The first-order valence-corrected chi connectivity index (χ1v) is 4.61. The van der Waals surface area contributed by atoms with Crippen LogP contribution >= 0.6 is 11.6 Å². The van der Waals surface area contributed by atoms with Gasteiger partial charge in [-0.05, 0) is 30.0 Å². The van der Waals surface area contributed by atoms with E-state index in [4.69, 9.17) is 17.3 Å². The molecule has 68 valence electrons. The first-order valence-electron chi connectivity index (χ1n) is 4.23. The lowest BCUT2D eigenvalue weighted by Gasteiger charge is -1.97. The van der Waals surface area contributed by atoms with Gasteiger partial charge in [0.15, 0.2) is 0 Å². The molecule has 0 aliphatic heterocycles. The number of halogens is 1. The second kappa shape index (κ2) is 3.04. The number of nitrogens with two attached hydrogens (primary N) is 1. The van der Waals surface area contributed by atoms with Crippen molar-refractivity contribution in [1.29, 1.82) is 0 Å². The summed E-state index contributed by atoms with van der Waals surface area (Å²) >= 11 is 5.74. The molecule has 0 aromatic heterocycles. The van der Waals surface area contributed by atoms with Gasteiger partial charge in [-0.3, -0.25) is 4.79 Å². The van der Waals surface area contributed by atoms with Crippen molar-refractivity contribution in [2.75, 3.05) is 0 Å². The fraction of sp³-hybridized carbons (Fsp3) is 0.300. The number of rotatable bonds is 2. The topological polar surface area (TPSA) is 43.1 Å². The minimum atomic E-state index is -0.194. The van der Waals surface area contributed by atoms with Crippen LogP contribution in [0.25, 0.3) is 0 Å². The van der Waals surface area contributed by atoms with Gasteiger partial charge in [0.25, 0.3) is 0 Å². The lowest BCUT2D eigenvalue weighted by molar-refractivity contribution is -0.119. The lowest BCUT2D eigenvalue weighted by atomic mass is 10.1. The Hall–Kier alpha value is -1.02. The molecule has 3 heteroatoms. The van der Waals surface area contributed by atoms with Crippen molar-refractivity contribution in [1.82, 2.24) is 0 Å². The normalized spacial score (nSPS) is 25.6. The van der Waals surface area contributed by atoms with Crippen molar-refractivity contribution in [2.24, 2.45) is 11.7 Å². The van der Waals surface area contributed by atoms with Gasteiger partial charge >= 0.3 is 0 Å². The van der Waals surface area contributed by atoms with E-state index in [1.54, 1.807) is 0 Å². The summed E-state index contributed by atoms with van der Waals surface area (Å²) in [6.07, 6.45) is 0.886. The van der Waals surface area contributed by atoms with Gasteiger partial charge in [0.05, 0.1) is 0 Å². The van der Waals surface area contributed by atoms with Gasteiger partial charge in [0, 0.05) is 10.9 Å². The van der Waals surface area contributed by atoms with E-state index in [0.29, 0.717) is 5.92 Å². The van der Waals surface area contributed by atoms with E-state index >= 15 is 0 Å². The Morgan fingerprint density at radius 2 is 2.00 bits per heavy atom. The zero-order valence-corrected chi connectivity index (χ0v) is 7.79. The van der Waals surface area contributed by atoms with Crippen LogP contribution in [-0.2, 0) is 4.79 Å². The fourth-order valence-corrected chi connectivity index (χ4v) is 1.71. The molecule has 13 heavy (non-hydrogen) atoms. The highest BCUT2D eigenvalue weighted by molar-refractivity contribution is 6.30. The maximum atomic E-state index is 10.8. The summed E-state index contributed by atoms with van der Waals surface area (Å²) < 4.78 is 0. The summed E-state index contributed by atoms with van der Waals surface area (Å²) in [7, 11) is 0. The van der Waals surface area contributed by atoms with Crippen molar-refractivity contribution in [2.45, 2.75) is 12.3 Å². The molecule has 0 radical (unpaired) electrons. The molecule has 1 aromatic carbocycles. The molecular weight excluding hydrogens is 186 g/mol. The van der Waals surface area contributed by atoms with Crippen LogP contribution in [0, 0.1) is 5.92 Å². The molecule has 1 fully saturated rings. The van der Waals surface area contributed by atoms with Crippen molar-refractivity contribution in [3.8, 4) is 0 Å². The van der Waals surface area contributed by atoms with E-state index in [2.05, 4.69) is 0 Å². The summed E-state index contributed by atoms with van der Waals surface area (Å²) in [6, 6.07) is 7.59. The SMILES string of the molecule is NC(=O)[C@@H]1C[C@@H]1c1ccc(Cl)cc1. The molecule has 2 nitrogen and oxygen atoms in total. The number of hydrogen-bond acceptors (Lipinski definition) is 1. The van der Waals surface area contributed by atoms with Crippen molar-refractivity contribution >= 4 is 17.5 Å². The third-order valence-corrected chi connectivity index (χ3v) is 2.71. The molecule has 1 aromatic rings. The van der Waals surface area contributed by atoms with E-state index in [0.717, 1.165) is 17.0 Å². The van der Waals surface area contributed by atoms with Crippen LogP contribution in [0.2, 0.25) is 5.02 Å². The lowest BCUT2D eigenvalue weighted by Crippen LogP contribution is -2.13. The zero-order chi connectivity index (χ0) is 9.42. The highest BCUT2D eigenvalue weighted by Gasteiger charge is 2.42. The maximum absolute atomic E-state index is 10.8. The minimum absolute atomic E-state index is 0.0428. The smallest absolute Gasteiger partial charge is 0.221 e. The van der Waals surface area contributed by atoms with Crippen LogP contribution in [0.4, 0.5) is 0 Å². The molecule has 0 unspecified atom stereocenters. The van der Waals surface area contributed by atoms with Crippen LogP contribution in [0.15, 0.2) is 24.3 Å². The summed E-state index contributed by atoms with van der Waals surface area (Å²) in [6.45, 7) is 0. The Morgan fingerprint density at radius 3 is 2.46 bits per heavy atom. The average Bonchev–Trinajstić information content (AvgIpc) is 2.85. The number of hydrogen-bond donors (Lipinski definition) is 1.